The highest BCUT2D eigenvalue weighted by Crippen LogP contribution is 2.35. The Labute approximate surface area is 110 Å². The number of carboxylic acids is 2. The van der Waals surface area contributed by atoms with E-state index in [4.69, 9.17) is 9.84 Å². The lowest BCUT2D eigenvalue weighted by Crippen LogP contribution is -2.52. The molecule has 3 N–H and O–H groups in total. The van der Waals surface area contributed by atoms with Crippen molar-refractivity contribution in [2.24, 2.45) is 0 Å². The zero-order valence-electron chi connectivity index (χ0n) is 10.3. The van der Waals surface area contributed by atoms with Gasteiger partial charge in [-0.3, -0.25) is 4.79 Å². The van der Waals surface area contributed by atoms with Crippen molar-refractivity contribution in [3.63, 3.8) is 0 Å². The van der Waals surface area contributed by atoms with E-state index >= 15 is 0 Å². The van der Waals surface area contributed by atoms with E-state index in [1.54, 1.807) is 18.2 Å². The number of nitrogens with one attached hydrogen (secondary N) is 1. The van der Waals surface area contributed by atoms with Crippen molar-refractivity contribution in [1.29, 1.82) is 0 Å². The van der Waals surface area contributed by atoms with Crippen LogP contribution in [0.5, 0.6) is 5.75 Å². The van der Waals surface area contributed by atoms with Gasteiger partial charge in [0.25, 0.3) is 0 Å². The fourth-order valence-corrected chi connectivity index (χ4v) is 2.08. The van der Waals surface area contributed by atoms with Crippen molar-refractivity contribution < 1.29 is 24.5 Å². The fraction of sp³-hybridized carbons (Fsp3) is 0.385. The van der Waals surface area contributed by atoms with Gasteiger partial charge in [-0.15, -0.1) is 0 Å². The summed E-state index contributed by atoms with van der Waals surface area (Å²) in [6.45, 7) is 0.124. The first-order chi connectivity index (χ1) is 9.03. The van der Waals surface area contributed by atoms with E-state index in [0.717, 1.165) is 5.69 Å². The number of para-hydroxylation sites is 2. The molecule has 102 valence electrons. The molecular weight excluding hydrogens is 250 g/mol. The standard InChI is InChI=1S/C13H15NO5/c15-11(16)6-3-7-13(12(17)18)8-14-9-4-1-2-5-10(9)19-13/h1-2,4-5,14H,3,6-8H2,(H,15,16)(H,17,18). The largest absolute Gasteiger partial charge is 0.481 e. The zero-order chi connectivity index (χ0) is 13.9. The molecule has 6 heteroatoms. The minimum absolute atomic E-state index is 0.0694. The average molecular weight is 265 g/mol. The van der Waals surface area contributed by atoms with Crippen LogP contribution in [-0.4, -0.2) is 34.3 Å². The normalized spacial score (nSPS) is 20.8. The van der Waals surface area contributed by atoms with Gasteiger partial charge in [-0.1, -0.05) is 12.1 Å². The summed E-state index contributed by atoms with van der Waals surface area (Å²) in [6, 6.07) is 7.08. The van der Waals surface area contributed by atoms with E-state index in [1.165, 1.54) is 0 Å². The third-order valence-electron chi connectivity index (χ3n) is 3.12. The lowest BCUT2D eigenvalue weighted by atomic mass is 9.94. The number of ether oxygens (including phenoxy) is 1. The van der Waals surface area contributed by atoms with Crippen molar-refractivity contribution >= 4 is 17.6 Å². The molecule has 0 radical (unpaired) electrons. The Bertz CT molecular complexity index is 502. The van der Waals surface area contributed by atoms with Gasteiger partial charge in [0.1, 0.15) is 5.75 Å². The van der Waals surface area contributed by atoms with Crippen molar-refractivity contribution in [2.45, 2.75) is 24.9 Å². The summed E-state index contributed by atoms with van der Waals surface area (Å²) < 4.78 is 5.61. The van der Waals surface area contributed by atoms with Gasteiger partial charge >= 0.3 is 11.9 Å². The number of anilines is 1. The van der Waals surface area contributed by atoms with Crippen LogP contribution < -0.4 is 10.1 Å². The summed E-state index contributed by atoms with van der Waals surface area (Å²) in [5.41, 5.74) is -0.651. The summed E-state index contributed by atoms with van der Waals surface area (Å²) in [6.07, 6.45) is 0.335. The topological polar surface area (TPSA) is 95.9 Å². The number of aliphatic carboxylic acids is 2. The minimum atomic E-state index is -1.40. The fourth-order valence-electron chi connectivity index (χ4n) is 2.08. The Morgan fingerprint density at radius 2 is 2.05 bits per heavy atom. The number of hydrogen-bond acceptors (Lipinski definition) is 4. The molecular formula is C13H15NO5. The van der Waals surface area contributed by atoms with Crippen molar-refractivity contribution in [2.75, 3.05) is 11.9 Å². The summed E-state index contributed by atoms with van der Waals surface area (Å²) in [7, 11) is 0. The number of carboxylic acid groups (broad SMARTS) is 2. The van der Waals surface area contributed by atoms with Crippen molar-refractivity contribution in [3.8, 4) is 5.75 Å². The molecule has 1 unspecified atom stereocenters. The van der Waals surface area contributed by atoms with Crippen LogP contribution in [0.25, 0.3) is 0 Å². The summed E-state index contributed by atoms with van der Waals surface area (Å²) >= 11 is 0. The molecule has 0 aromatic heterocycles. The third-order valence-corrected chi connectivity index (χ3v) is 3.12. The Morgan fingerprint density at radius 1 is 1.32 bits per heavy atom. The first kappa shape index (κ1) is 13.2. The maximum absolute atomic E-state index is 11.4. The zero-order valence-corrected chi connectivity index (χ0v) is 10.3. The van der Waals surface area contributed by atoms with Crippen LogP contribution in [0.4, 0.5) is 5.69 Å². The van der Waals surface area contributed by atoms with Crippen LogP contribution >= 0.6 is 0 Å². The lowest BCUT2D eigenvalue weighted by Gasteiger charge is -2.35. The van der Waals surface area contributed by atoms with Crippen LogP contribution in [0.15, 0.2) is 24.3 Å². The number of hydrogen-bond donors (Lipinski definition) is 3. The van der Waals surface area contributed by atoms with E-state index in [2.05, 4.69) is 5.32 Å². The summed E-state index contributed by atoms with van der Waals surface area (Å²) in [4.78, 5) is 22.0. The van der Waals surface area contributed by atoms with Gasteiger partial charge < -0.3 is 20.3 Å². The molecule has 0 spiro atoms. The van der Waals surface area contributed by atoms with Gasteiger partial charge in [-0.05, 0) is 18.6 Å². The molecule has 2 rings (SSSR count). The maximum Gasteiger partial charge on any atom is 0.349 e. The predicted molar refractivity (Wildman–Crippen MR) is 67.4 cm³/mol. The highest BCUT2D eigenvalue weighted by Gasteiger charge is 2.43. The van der Waals surface area contributed by atoms with Crippen LogP contribution in [0.3, 0.4) is 0 Å². The summed E-state index contributed by atoms with van der Waals surface area (Å²) in [5.74, 6) is -1.55. The molecule has 1 aromatic carbocycles. The number of benzene rings is 1. The molecule has 1 aliphatic heterocycles. The van der Waals surface area contributed by atoms with Crippen LogP contribution in [-0.2, 0) is 9.59 Å². The molecule has 1 aliphatic rings. The molecule has 6 nitrogen and oxygen atoms in total. The Hall–Kier alpha value is -2.24. The van der Waals surface area contributed by atoms with Crippen molar-refractivity contribution in [3.05, 3.63) is 24.3 Å². The Kier molecular flexibility index (Phi) is 3.59. The SMILES string of the molecule is O=C(O)CCCC1(C(=O)O)CNc2ccccc2O1. The highest BCUT2D eigenvalue weighted by atomic mass is 16.5. The monoisotopic (exact) mass is 265 g/mol. The molecule has 1 heterocycles. The predicted octanol–water partition coefficient (Wildman–Crippen LogP) is 1.57. The molecule has 1 aromatic rings. The van der Waals surface area contributed by atoms with E-state index in [0.29, 0.717) is 5.75 Å². The quantitative estimate of drug-likeness (QED) is 0.747. The minimum Gasteiger partial charge on any atom is -0.481 e. The molecule has 0 aliphatic carbocycles. The van der Waals surface area contributed by atoms with Crippen LogP contribution in [0, 0.1) is 0 Å². The molecule has 0 saturated heterocycles. The molecule has 0 bridgehead atoms. The lowest BCUT2D eigenvalue weighted by molar-refractivity contribution is -0.155. The number of carbonyl (C=O) groups is 2. The second kappa shape index (κ2) is 5.17. The van der Waals surface area contributed by atoms with E-state index < -0.39 is 17.5 Å². The first-order valence-electron chi connectivity index (χ1n) is 6.01. The Balaban J connectivity index is 2.14. The average Bonchev–Trinajstić information content (AvgIpc) is 2.38. The molecule has 0 amide bonds. The second-order valence-electron chi connectivity index (χ2n) is 4.50. The van der Waals surface area contributed by atoms with Gasteiger partial charge in [0, 0.05) is 12.8 Å². The van der Waals surface area contributed by atoms with Gasteiger partial charge in [0.2, 0.25) is 5.60 Å². The third kappa shape index (κ3) is 2.78. The van der Waals surface area contributed by atoms with E-state index in [-0.39, 0.29) is 25.8 Å². The van der Waals surface area contributed by atoms with E-state index in [1.807, 2.05) is 6.07 Å². The van der Waals surface area contributed by atoms with Gasteiger partial charge in [0.05, 0.1) is 12.2 Å². The van der Waals surface area contributed by atoms with Gasteiger partial charge in [0.15, 0.2) is 0 Å². The Morgan fingerprint density at radius 3 is 2.74 bits per heavy atom. The second-order valence-corrected chi connectivity index (χ2v) is 4.50. The molecule has 19 heavy (non-hydrogen) atoms. The van der Waals surface area contributed by atoms with Gasteiger partial charge in [-0.2, -0.15) is 0 Å². The van der Waals surface area contributed by atoms with Gasteiger partial charge in [-0.25, -0.2) is 4.79 Å². The number of rotatable bonds is 5. The van der Waals surface area contributed by atoms with Crippen LogP contribution in [0.1, 0.15) is 19.3 Å². The molecule has 1 atom stereocenters. The number of fused-ring (bicyclic) bond motifs is 1. The van der Waals surface area contributed by atoms with E-state index in [9.17, 15) is 14.7 Å². The molecule has 0 saturated carbocycles. The first-order valence-corrected chi connectivity index (χ1v) is 6.01. The highest BCUT2D eigenvalue weighted by molar-refractivity contribution is 5.81. The smallest absolute Gasteiger partial charge is 0.349 e. The molecule has 0 fully saturated rings. The summed E-state index contributed by atoms with van der Waals surface area (Å²) in [5, 5.41) is 21.0. The van der Waals surface area contributed by atoms with Crippen LogP contribution in [0.2, 0.25) is 0 Å². The van der Waals surface area contributed by atoms with Crippen molar-refractivity contribution in [1.82, 2.24) is 0 Å². The maximum atomic E-state index is 11.4.